The Balaban J connectivity index is 1.29. The van der Waals surface area contributed by atoms with Crippen LogP contribution in [0.1, 0.15) is 55.6 Å². The molecule has 0 saturated carbocycles. The van der Waals surface area contributed by atoms with Crippen molar-refractivity contribution in [1.82, 2.24) is 4.90 Å². The number of aliphatic hydroxyl groups is 1. The van der Waals surface area contributed by atoms with E-state index < -0.39 is 5.60 Å². The van der Waals surface area contributed by atoms with Crippen LogP contribution in [0.15, 0.2) is 48.5 Å². The van der Waals surface area contributed by atoms with Gasteiger partial charge in [0.15, 0.2) is 0 Å². The molecule has 5 rings (SSSR count). The van der Waals surface area contributed by atoms with E-state index in [1.807, 2.05) is 29.2 Å². The molecule has 2 aliphatic heterocycles. The number of ether oxygens (including phenoxy) is 1. The van der Waals surface area contributed by atoms with Crippen molar-refractivity contribution in [3.8, 4) is 17.2 Å². The van der Waals surface area contributed by atoms with Crippen LogP contribution in [0.4, 0.5) is 4.79 Å². The molecule has 0 aromatic heterocycles. The number of carbonyl (C=O) groups is 1. The normalized spacial score (nSPS) is 26.7. The highest BCUT2D eigenvalue weighted by Gasteiger charge is 2.49. The fraction of sp³-hybridized carbons (Fsp3) is 0.440. The largest absolute Gasteiger partial charge is 0.448 e. The van der Waals surface area contributed by atoms with Gasteiger partial charge in [-0.1, -0.05) is 48.5 Å². The minimum Gasteiger partial charge on any atom is -0.448 e. The number of rotatable bonds is 4. The number of hydrogen-bond acceptors (Lipinski definition) is 4. The zero-order chi connectivity index (χ0) is 20.7. The number of piperidine rings is 1. The fourth-order valence-electron chi connectivity index (χ4n) is 5.78. The molecule has 2 unspecified atom stereocenters. The predicted molar refractivity (Wildman–Crippen MR) is 113 cm³/mol. The van der Waals surface area contributed by atoms with Gasteiger partial charge in [0.1, 0.15) is 6.61 Å². The summed E-state index contributed by atoms with van der Waals surface area (Å²) in [5, 5.41) is 19.7. The number of carbonyl (C=O) groups excluding carboxylic acids is 1. The molecule has 5 heteroatoms. The molecule has 3 aliphatic rings. The number of amides is 1. The molecule has 1 N–H and O–H groups in total. The Kier molecular flexibility index (Phi) is 4.75. The lowest BCUT2D eigenvalue weighted by Crippen LogP contribution is -2.53. The summed E-state index contributed by atoms with van der Waals surface area (Å²) in [6.07, 6.45) is 3.42. The first kappa shape index (κ1) is 19.1. The summed E-state index contributed by atoms with van der Waals surface area (Å²) in [5.74, 6) is 0.0522. The second-order valence-electron chi connectivity index (χ2n) is 8.89. The van der Waals surface area contributed by atoms with E-state index in [2.05, 4.69) is 30.3 Å². The maximum absolute atomic E-state index is 13.0. The molecule has 5 nitrogen and oxygen atoms in total. The summed E-state index contributed by atoms with van der Waals surface area (Å²) in [6, 6.07) is 18.8. The van der Waals surface area contributed by atoms with Gasteiger partial charge in [-0.15, -0.1) is 0 Å². The number of fused-ring (bicyclic) bond motifs is 5. The topological polar surface area (TPSA) is 73.6 Å². The van der Waals surface area contributed by atoms with Gasteiger partial charge >= 0.3 is 6.09 Å². The van der Waals surface area contributed by atoms with E-state index in [1.165, 1.54) is 22.3 Å². The highest BCUT2D eigenvalue weighted by atomic mass is 16.6. The Bertz CT molecular complexity index is 952. The lowest BCUT2D eigenvalue weighted by molar-refractivity contribution is -0.0526. The highest BCUT2D eigenvalue weighted by Crippen LogP contribution is 2.46. The molecule has 2 atom stereocenters. The monoisotopic (exact) mass is 402 g/mol. The smallest absolute Gasteiger partial charge is 0.410 e. The summed E-state index contributed by atoms with van der Waals surface area (Å²) >= 11 is 0. The standard InChI is InChI=1S/C25H26N2O3/c26-13-5-12-25(29)14-17-10-11-18(15-25)27(17)24(28)30-16-23-21-8-3-1-6-19(21)20-7-2-4-9-22(20)23/h1-4,6-9,17-18,23,29H,5,10-12,14-16H2. The minimum absolute atomic E-state index is 0.00286. The summed E-state index contributed by atoms with van der Waals surface area (Å²) in [7, 11) is 0. The van der Waals surface area contributed by atoms with Crippen molar-refractivity contribution in [2.75, 3.05) is 6.61 Å². The van der Waals surface area contributed by atoms with Gasteiger partial charge in [0.05, 0.1) is 11.7 Å². The van der Waals surface area contributed by atoms with Gasteiger partial charge in [0, 0.05) is 24.4 Å². The predicted octanol–water partition coefficient (Wildman–Crippen LogP) is 4.60. The molecule has 2 saturated heterocycles. The van der Waals surface area contributed by atoms with E-state index in [9.17, 15) is 9.90 Å². The van der Waals surface area contributed by atoms with Crippen molar-refractivity contribution in [3.63, 3.8) is 0 Å². The molecule has 0 radical (unpaired) electrons. The van der Waals surface area contributed by atoms with Crippen LogP contribution < -0.4 is 0 Å². The molecule has 30 heavy (non-hydrogen) atoms. The second-order valence-corrected chi connectivity index (χ2v) is 8.89. The van der Waals surface area contributed by atoms with E-state index in [0.717, 1.165) is 12.8 Å². The average molecular weight is 402 g/mol. The van der Waals surface area contributed by atoms with Crippen molar-refractivity contribution >= 4 is 6.09 Å². The lowest BCUT2D eigenvalue weighted by atomic mass is 9.83. The van der Waals surface area contributed by atoms with Gasteiger partial charge < -0.3 is 14.7 Å². The summed E-state index contributed by atoms with van der Waals surface area (Å²) in [5.41, 5.74) is 4.02. The van der Waals surface area contributed by atoms with Crippen LogP contribution in [0.25, 0.3) is 11.1 Å². The van der Waals surface area contributed by atoms with Crippen LogP contribution in [0.3, 0.4) is 0 Å². The quantitative estimate of drug-likeness (QED) is 0.811. The van der Waals surface area contributed by atoms with Crippen molar-refractivity contribution in [2.45, 2.75) is 62.1 Å². The first-order chi connectivity index (χ1) is 14.6. The van der Waals surface area contributed by atoms with Crippen molar-refractivity contribution in [2.24, 2.45) is 0 Å². The molecule has 154 valence electrons. The van der Waals surface area contributed by atoms with E-state index in [-0.39, 0.29) is 24.1 Å². The van der Waals surface area contributed by atoms with Gasteiger partial charge in [-0.3, -0.25) is 0 Å². The van der Waals surface area contributed by atoms with Gasteiger partial charge in [-0.25, -0.2) is 4.79 Å². The Morgan fingerprint density at radius 2 is 1.63 bits per heavy atom. The first-order valence-electron chi connectivity index (χ1n) is 10.8. The molecule has 2 aromatic rings. The molecule has 2 heterocycles. The van der Waals surface area contributed by atoms with Crippen LogP contribution >= 0.6 is 0 Å². The Hall–Kier alpha value is -2.84. The van der Waals surface area contributed by atoms with Gasteiger partial charge in [0.25, 0.3) is 0 Å². The molecule has 2 fully saturated rings. The summed E-state index contributed by atoms with van der Waals surface area (Å²) < 4.78 is 5.86. The van der Waals surface area contributed by atoms with Crippen LogP contribution in [0, 0.1) is 11.3 Å². The van der Waals surface area contributed by atoms with Crippen molar-refractivity contribution in [1.29, 1.82) is 5.26 Å². The number of hydrogen-bond donors (Lipinski definition) is 1. The average Bonchev–Trinajstić information content (AvgIpc) is 3.23. The van der Waals surface area contributed by atoms with Crippen LogP contribution in [-0.2, 0) is 4.74 Å². The third-order valence-corrected chi connectivity index (χ3v) is 7.10. The molecule has 2 bridgehead atoms. The van der Waals surface area contributed by atoms with Crippen LogP contribution in [-0.4, -0.2) is 40.4 Å². The number of nitriles is 1. The third kappa shape index (κ3) is 3.16. The van der Waals surface area contributed by atoms with E-state index in [1.54, 1.807) is 0 Å². The van der Waals surface area contributed by atoms with Gasteiger partial charge in [0.2, 0.25) is 0 Å². The number of benzene rings is 2. The lowest BCUT2D eigenvalue weighted by Gasteiger charge is -2.43. The maximum atomic E-state index is 13.0. The maximum Gasteiger partial charge on any atom is 0.410 e. The van der Waals surface area contributed by atoms with Crippen LogP contribution in [0.2, 0.25) is 0 Å². The molecular weight excluding hydrogens is 376 g/mol. The highest BCUT2D eigenvalue weighted by molar-refractivity contribution is 5.79. The Morgan fingerprint density at radius 1 is 1.07 bits per heavy atom. The van der Waals surface area contributed by atoms with E-state index in [4.69, 9.17) is 10.00 Å². The zero-order valence-corrected chi connectivity index (χ0v) is 17.0. The fourth-order valence-corrected chi connectivity index (χ4v) is 5.78. The summed E-state index contributed by atoms with van der Waals surface area (Å²) in [6.45, 7) is 0.321. The van der Waals surface area contributed by atoms with Crippen LogP contribution in [0.5, 0.6) is 0 Å². The minimum atomic E-state index is -0.832. The van der Waals surface area contributed by atoms with Gasteiger partial charge in [-0.05, 0) is 54.4 Å². The Morgan fingerprint density at radius 3 is 2.20 bits per heavy atom. The van der Waals surface area contributed by atoms with Gasteiger partial charge in [-0.2, -0.15) is 5.26 Å². The zero-order valence-electron chi connectivity index (χ0n) is 17.0. The van der Waals surface area contributed by atoms with Crippen molar-refractivity contribution < 1.29 is 14.6 Å². The first-order valence-corrected chi connectivity index (χ1v) is 10.8. The molecule has 2 aromatic carbocycles. The second kappa shape index (κ2) is 7.45. The molecule has 0 spiro atoms. The number of nitrogens with zero attached hydrogens (tertiary/aromatic N) is 2. The Labute approximate surface area is 176 Å². The van der Waals surface area contributed by atoms with Crippen molar-refractivity contribution in [3.05, 3.63) is 59.7 Å². The summed E-state index contributed by atoms with van der Waals surface area (Å²) in [4.78, 5) is 14.9. The third-order valence-electron chi connectivity index (χ3n) is 7.10. The molecular formula is C25H26N2O3. The van der Waals surface area contributed by atoms with E-state index in [0.29, 0.717) is 32.3 Å². The molecule has 1 amide bonds. The van der Waals surface area contributed by atoms with E-state index >= 15 is 0 Å². The SMILES string of the molecule is N#CCCC1(O)CC2CCC(C1)N2C(=O)OCC1c2ccccc2-c2ccccc21. The molecule has 1 aliphatic carbocycles.